The predicted octanol–water partition coefficient (Wildman–Crippen LogP) is 2.64. The average molecular weight is 313 g/mol. The second-order valence-corrected chi connectivity index (χ2v) is 8.81. The molecule has 112 valence electrons. The van der Waals surface area contributed by atoms with E-state index < -0.39 is 9.84 Å². The summed E-state index contributed by atoms with van der Waals surface area (Å²) < 4.78 is 24.7. The maximum Gasteiger partial charge on any atom is 0.179 e. The number of aryl methyl sites for hydroxylation is 1. The molecule has 1 aromatic rings. The first-order valence-corrected chi connectivity index (χ1v) is 9.91. The third-order valence-corrected chi connectivity index (χ3v) is 6.57. The van der Waals surface area contributed by atoms with E-state index in [9.17, 15) is 8.42 Å². The summed E-state index contributed by atoms with van der Waals surface area (Å²) in [6, 6.07) is 7.57. The molecule has 5 heteroatoms. The van der Waals surface area contributed by atoms with Crippen molar-refractivity contribution in [2.75, 3.05) is 17.3 Å². The van der Waals surface area contributed by atoms with Crippen LogP contribution in [0.3, 0.4) is 0 Å². The van der Waals surface area contributed by atoms with Gasteiger partial charge in [-0.2, -0.15) is 11.8 Å². The Hall–Kier alpha value is -0.520. The van der Waals surface area contributed by atoms with Gasteiger partial charge >= 0.3 is 0 Å². The normalized spacial score (nSPS) is 18.9. The molecule has 0 amide bonds. The van der Waals surface area contributed by atoms with E-state index in [0.717, 1.165) is 18.4 Å². The van der Waals surface area contributed by atoms with E-state index in [4.69, 9.17) is 0 Å². The molecule has 2 rings (SSSR count). The lowest BCUT2D eigenvalue weighted by atomic mass is 10.1. The van der Waals surface area contributed by atoms with Gasteiger partial charge in [0, 0.05) is 12.1 Å². The third-order valence-electron chi connectivity index (χ3n) is 3.59. The number of thioether (sulfide) groups is 1. The van der Waals surface area contributed by atoms with Gasteiger partial charge < -0.3 is 5.32 Å². The Bertz CT molecular complexity index is 519. The first-order chi connectivity index (χ1) is 9.47. The van der Waals surface area contributed by atoms with Gasteiger partial charge in [0.25, 0.3) is 0 Å². The Morgan fingerprint density at radius 3 is 2.45 bits per heavy atom. The maximum absolute atomic E-state index is 12.4. The molecule has 1 atom stereocenters. The van der Waals surface area contributed by atoms with Crippen molar-refractivity contribution in [1.29, 1.82) is 0 Å². The molecule has 0 spiro atoms. The van der Waals surface area contributed by atoms with E-state index in [1.807, 2.05) is 37.7 Å². The van der Waals surface area contributed by atoms with Crippen LogP contribution in [-0.2, 0) is 9.84 Å². The van der Waals surface area contributed by atoms with Crippen LogP contribution in [0, 0.1) is 6.92 Å². The van der Waals surface area contributed by atoms with Crippen molar-refractivity contribution in [2.45, 2.75) is 43.7 Å². The predicted molar refractivity (Wildman–Crippen MR) is 86.2 cm³/mol. The van der Waals surface area contributed by atoms with E-state index in [-0.39, 0.29) is 11.8 Å². The molecule has 1 saturated heterocycles. The number of nitrogens with one attached hydrogen (secondary N) is 1. The Morgan fingerprint density at radius 2 is 1.85 bits per heavy atom. The second-order valence-electron chi connectivity index (χ2n) is 5.55. The molecule has 0 saturated carbocycles. The average Bonchev–Trinajstić information content (AvgIpc) is 2.39. The highest BCUT2D eigenvalue weighted by atomic mass is 32.2. The summed E-state index contributed by atoms with van der Waals surface area (Å²) in [5.41, 5.74) is 1.08. The first kappa shape index (κ1) is 15.9. The Morgan fingerprint density at radius 1 is 1.25 bits per heavy atom. The standard InChI is InChI=1S/C15H23NO2S2/c1-12-3-5-15(6-4-12)20(17,18)11-13(2)16-14-7-9-19-10-8-14/h3-6,13-14,16H,7-11H2,1-2H3. The van der Waals surface area contributed by atoms with Crippen LogP contribution in [0.5, 0.6) is 0 Å². The van der Waals surface area contributed by atoms with Crippen molar-refractivity contribution in [3.8, 4) is 0 Å². The van der Waals surface area contributed by atoms with Gasteiger partial charge in [-0.05, 0) is 50.3 Å². The summed E-state index contributed by atoms with van der Waals surface area (Å²) in [6.07, 6.45) is 2.28. The third kappa shape index (κ3) is 4.50. The molecule has 0 bridgehead atoms. The van der Waals surface area contributed by atoms with Gasteiger partial charge in [-0.3, -0.25) is 0 Å². The number of hydrogen-bond acceptors (Lipinski definition) is 4. The van der Waals surface area contributed by atoms with Gasteiger partial charge in [-0.15, -0.1) is 0 Å². The van der Waals surface area contributed by atoms with Gasteiger partial charge in [0.1, 0.15) is 0 Å². The van der Waals surface area contributed by atoms with Crippen LogP contribution in [0.4, 0.5) is 0 Å². The summed E-state index contributed by atoms with van der Waals surface area (Å²) in [5, 5.41) is 3.46. The van der Waals surface area contributed by atoms with Crippen molar-refractivity contribution in [2.24, 2.45) is 0 Å². The molecule has 0 aromatic heterocycles. The lowest BCUT2D eigenvalue weighted by Crippen LogP contribution is -2.42. The lowest BCUT2D eigenvalue weighted by molar-refractivity contribution is 0.438. The highest BCUT2D eigenvalue weighted by molar-refractivity contribution is 7.99. The van der Waals surface area contributed by atoms with Crippen LogP contribution in [-0.4, -0.2) is 37.8 Å². The zero-order valence-corrected chi connectivity index (χ0v) is 13.8. The minimum absolute atomic E-state index is 0.00518. The molecule has 1 heterocycles. The largest absolute Gasteiger partial charge is 0.310 e. The fourth-order valence-electron chi connectivity index (χ4n) is 2.49. The van der Waals surface area contributed by atoms with E-state index in [0.29, 0.717) is 10.9 Å². The second kappa shape index (κ2) is 6.96. The minimum atomic E-state index is -3.19. The molecule has 3 nitrogen and oxygen atoms in total. The topological polar surface area (TPSA) is 46.2 Å². The molecule has 1 aliphatic heterocycles. The molecular weight excluding hydrogens is 290 g/mol. The van der Waals surface area contributed by atoms with Crippen molar-refractivity contribution >= 4 is 21.6 Å². The van der Waals surface area contributed by atoms with Gasteiger partial charge in [0.2, 0.25) is 0 Å². The SMILES string of the molecule is Cc1ccc(S(=O)(=O)CC(C)NC2CCSCC2)cc1. The van der Waals surface area contributed by atoms with Gasteiger partial charge in [-0.25, -0.2) is 8.42 Å². The summed E-state index contributed by atoms with van der Waals surface area (Å²) in [4.78, 5) is 0.427. The molecule has 1 fully saturated rings. The fraction of sp³-hybridized carbons (Fsp3) is 0.600. The van der Waals surface area contributed by atoms with Gasteiger partial charge in [0.15, 0.2) is 9.84 Å². The minimum Gasteiger partial charge on any atom is -0.310 e. The van der Waals surface area contributed by atoms with E-state index in [1.165, 1.54) is 11.5 Å². The molecule has 0 radical (unpaired) electrons. The van der Waals surface area contributed by atoms with E-state index in [2.05, 4.69) is 5.32 Å². The zero-order chi connectivity index (χ0) is 14.6. The highest BCUT2D eigenvalue weighted by Crippen LogP contribution is 2.18. The number of hydrogen-bond donors (Lipinski definition) is 1. The number of benzene rings is 1. The molecule has 1 N–H and O–H groups in total. The maximum atomic E-state index is 12.4. The van der Waals surface area contributed by atoms with Crippen LogP contribution in [0.15, 0.2) is 29.2 Å². The number of sulfone groups is 1. The van der Waals surface area contributed by atoms with E-state index >= 15 is 0 Å². The van der Waals surface area contributed by atoms with Crippen LogP contribution in [0.25, 0.3) is 0 Å². The zero-order valence-electron chi connectivity index (χ0n) is 12.1. The Labute approximate surface area is 126 Å². The van der Waals surface area contributed by atoms with Gasteiger partial charge in [0.05, 0.1) is 10.6 Å². The first-order valence-electron chi connectivity index (χ1n) is 7.10. The summed E-state index contributed by atoms with van der Waals surface area (Å²) in [7, 11) is -3.19. The van der Waals surface area contributed by atoms with Crippen molar-refractivity contribution in [3.63, 3.8) is 0 Å². The molecular formula is C15H23NO2S2. The Kier molecular flexibility index (Phi) is 5.52. The Balaban J connectivity index is 1.95. The van der Waals surface area contributed by atoms with Crippen molar-refractivity contribution < 1.29 is 8.42 Å². The molecule has 20 heavy (non-hydrogen) atoms. The number of rotatable bonds is 5. The van der Waals surface area contributed by atoms with Crippen LogP contribution in [0.1, 0.15) is 25.3 Å². The molecule has 1 unspecified atom stereocenters. The van der Waals surface area contributed by atoms with Crippen LogP contribution in [0.2, 0.25) is 0 Å². The fourth-order valence-corrected chi connectivity index (χ4v) is 5.09. The molecule has 1 aromatic carbocycles. The van der Waals surface area contributed by atoms with E-state index in [1.54, 1.807) is 12.1 Å². The van der Waals surface area contributed by atoms with Gasteiger partial charge in [-0.1, -0.05) is 17.7 Å². The summed E-state index contributed by atoms with van der Waals surface area (Å²) >= 11 is 1.98. The summed E-state index contributed by atoms with van der Waals surface area (Å²) in [6.45, 7) is 3.93. The van der Waals surface area contributed by atoms with Crippen molar-refractivity contribution in [3.05, 3.63) is 29.8 Å². The smallest absolute Gasteiger partial charge is 0.179 e. The lowest BCUT2D eigenvalue weighted by Gasteiger charge is -2.26. The summed E-state index contributed by atoms with van der Waals surface area (Å²) in [5.74, 6) is 2.52. The monoisotopic (exact) mass is 313 g/mol. The molecule has 1 aliphatic rings. The van der Waals surface area contributed by atoms with Crippen molar-refractivity contribution in [1.82, 2.24) is 5.32 Å². The quantitative estimate of drug-likeness (QED) is 0.908. The highest BCUT2D eigenvalue weighted by Gasteiger charge is 2.21. The van der Waals surface area contributed by atoms with Crippen LogP contribution >= 0.6 is 11.8 Å². The molecule has 0 aliphatic carbocycles. The van der Waals surface area contributed by atoms with Crippen LogP contribution < -0.4 is 5.32 Å².